The van der Waals surface area contributed by atoms with Gasteiger partial charge in [-0.2, -0.15) is 0 Å². The molecule has 0 bridgehead atoms. The molecule has 0 radical (unpaired) electrons. The normalized spacial score (nSPS) is 15.8. The lowest BCUT2D eigenvalue weighted by Crippen LogP contribution is -2.40. The summed E-state index contributed by atoms with van der Waals surface area (Å²) in [5.41, 5.74) is 11.4. The first kappa shape index (κ1) is 38.7. The van der Waals surface area contributed by atoms with Gasteiger partial charge in [0.25, 0.3) is 11.8 Å². The van der Waals surface area contributed by atoms with Gasteiger partial charge in [-0.15, -0.1) is 0 Å². The van der Waals surface area contributed by atoms with Crippen LogP contribution < -0.4 is 9.47 Å². The summed E-state index contributed by atoms with van der Waals surface area (Å²) in [4.78, 5) is 38.3. The maximum absolute atomic E-state index is 13.6. The Hall–Kier alpha value is -6.77. The number of rotatable bonds is 6. The lowest BCUT2D eigenvalue weighted by molar-refractivity contribution is 0.0684. The van der Waals surface area contributed by atoms with Gasteiger partial charge in [0.05, 0.1) is 26.3 Å². The number of H-pyrrole nitrogens is 2. The Morgan fingerprint density at radius 1 is 0.583 bits per heavy atom. The lowest BCUT2D eigenvalue weighted by Gasteiger charge is -2.36. The summed E-state index contributed by atoms with van der Waals surface area (Å²) in [6.45, 7) is 3.31. The van der Waals surface area contributed by atoms with E-state index in [-0.39, 0.29) is 23.9 Å². The van der Waals surface area contributed by atoms with E-state index in [1.54, 1.807) is 26.4 Å². The number of carbonyl (C=O) groups is 2. The summed E-state index contributed by atoms with van der Waals surface area (Å²) in [7, 11) is 3.32. The van der Waals surface area contributed by atoms with Crippen LogP contribution >= 0.6 is 11.6 Å². The third-order valence-corrected chi connectivity index (χ3v) is 12.1. The molecular formula is C51H45ClN4O4. The molecule has 2 aliphatic heterocycles. The number of halogens is 1. The van der Waals surface area contributed by atoms with Gasteiger partial charge in [0, 0.05) is 62.4 Å². The van der Waals surface area contributed by atoms with Crippen LogP contribution in [0.2, 0.25) is 5.02 Å². The molecule has 300 valence electrons. The highest BCUT2D eigenvalue weighted by atomic mass is 35.5. The number of aryl methyl sites for hydroxylation is 1. The van der Waals surface area contributed by atoms with Gasteiger partial charge in [0.1, 0.15) is 11.5 Å². The summed E-state index contributed by atoms with van der Waals surface area (Å²) in [5, 5.41) is 3.03. The predicted octanol–water partition coefficient (Wildman–Crippen LogP) is 10.9. The van der Waals surface area contributed by atoms with Crippen LogP contribution in [-0.4, -0.2) is 58.9 Å². The number of amides is 2. The molecule has 2 aliphatic rings. The summed E-state index contributed by atoms with van der Waals surface area (Å²) in [6, 6.07) is 47.3. The van der Waals surface area contributed by atoms with Crippen LogP contribution in [0.5, 0.6) is 11.5 Å². The molecule has 0 fully saturated rings. The number of aromatic amines is 2. The third kappa shape index (κ3) is 7.17. The van der Waals surface area contributed by atoms with Crippen molar-refractivity contribution in [1.29, 1.82) is 0 Å². The molecule has 10 rings (SSSR count). The molecule has 9 heteroatoms. The minimum atomic E-state index is -0.210. The van der Waals surface area contributed by atoms with Gasteiger partial charge in [-0.25, -0.2) is 0 Å². The van der Waals surface area contributed by atoms with Crippen LogP contribution in [0.25, 0.3) is 21.8 Å². The van der Waals surface area contributed by atoms with Crippen LogP contribution in [0.15, 0.2) is 146 Å². The fourth-order valence-electron chi connectivity index (χ4n) is 8.94. The number of benzene rings is 6. The van der Waals surface area contributed by atoms with Crippen LogP contribution in [0.3, 0.4) is 0 Å². The second kappa shape index (κ2) is 16.5. The Kier molecular flexibility index (Phi) is 10.6. The third-order valence-electron chi connectivity index (χ3n) is 11.9. The van der Waals surface area contributed by atoms with Crippen molar-refractivity contribution in [1.82, 2.24) is 19.8 Å². The number of carbonyl (C=O) groups excluding carboxylic acids is 2. The molecule has 4 heterocycles. The highest BCUT2D eigenvalue weighted by Crippen LogP contribution is 2.41. The van der Waals surface area contributed by atoms with Crippen molar-refractivity contribution in [3.05, 3.63) is 201 Å². The average Bonchev–Trinajstić information content (AvgIpc) is 3.87. The van der Waals surface area contributed by atoms with Crippen LogP contribution in [0, 0.1) is 6.92 Å². The molecule has 6 aromatic carbocycles. The molecule has 60 heavy (non-hydrogen) atoms. The van der Waals surface area contributed by atoms with Gasteiger partial charge in [0.2, 0.25) is 0 Å². The van der Waals surface area contributed by atoms with E-state index >= 15 is 0 Å². The summed E-state index contributed by atoms with van der Waals surface area (Å²) >= 11 is 6.16. The number of hydrogen-bond donors (Lipinski definition) is 2. The number of methoxy groups -OCH3 is 2. The van der Waals surface area contributed by atoms with E-state index in [1.165, 1.54) is 21.9 Å². The Balaban J connectivity index is 0.000000154. The summed E-state index contributed by atoms with van der Waals surface area (Å²) < 4.78 is 10.7. The van der Waals surface area contributed by atoms with Crippen molar-refractivity contribution in [2.75, 3.05) is 27.3 Å². The molecule has 0 saturated heterocycles. The van der Waals surface area contributed by atoms with E-state index in [9.17, 15) is 9.59 Å². The van der Waals surface area contributed by atoms with E-state index in [1.807, 2.05) is 102 Å². The fourth-order valence-corrected chi connectivity index (χ4v) is 9.13. The van der Waals surface area contributed by atoms with Gasteiger partial charge >= 0.3 is 0 Å². The summed E-state index contributed by atoms with van der Waals surface area (Å²) in [5.74, 6) is 1.64. The van der Waals surface area contributed by atoms with Crippen LogP contribution in [0.1, 0.15) is 72.0 Å². The quantitative estimate of drug-likeness (QED) is 0.175. The zero-order chi connectivity index (χ0) is 41.3. The monoisotopic (exact) mass is 812 g/mol. The molecule has 0 aliphatic carbocycles. The Morgan fingerprint density at radius 2 is 1.07 bits per heavy atom. The van der Waals surface area contributed by atoms with Gasteiger partial charge in [-0.1, -0.05) is 96.5 Å². The van der Waals surface area contributed by atoms with E-state index in [2.05, 4.69) is 58.5 Å². The molecule has 8 aromatic rings. The molecule has 0 spiro atoms. The second-order valence-electron chi connectivity index (χ2n) is 15.3. The maximum atomic E-state index is 13.6. The molecule has 2 amide bonds. The molecule has 2 aromatic heterocycles. The van der Waals surface area contributed by atoms with Crippen molar-refractivity contribution in [2.24, 2.45) is 0 Å². The minimum absolute atomic E-state index is 0.0253. The smallest absolute Gasteiger partial charge is 0.254 e. The van der Waals surface area contributed by atoms with Crippen LogP contribution in [-0.2, 0) is 12.8 Å². The van der Waals surface area contributed by atoms with Gasteiger partial charge in [-0.3, -0.25) is 9.59 Å². The van der Waals surface area contributed by atoms with Crippen molar-refractivity contribution in [3.63, 3.8) is 0 Å². The van der Waals surface area contributed by atoms with Gasteiger partial charge in [-0.05, 0) is 108 Å². The largest absolute Gasteiger partial charge is 0.497 e. The van der Waals surface area contributed by atoms with Gasteiger partial charge in [0.15, 0.2) is 0 Å². The van der Waals surface area contributed by atoms with Crippen LogP contribution in [0.4, 0.5) is 0 Å². The second-order valence-corrected chi connectivity index (χ2v) is 15.7. The van der Waals surface area contributed by atoms with Crippen molar-refractivity contribution >= 4 is 45.2 Å². The number of ether oxygens (including phenoxy) is 2. The average molecular weight is 813 g/mol. The first-order chi connectivity index (χ1) is 29.3. The molecule has 2 unspecified atom stereocenters. The Bertz CT molecular complexity index is 2840. The molecule has 8 nitrogen and oxygen atoms in total. The fraction of sp³-hybridized carbons (Fsp3) is 0.176. The number of fused-ring (bicyclic) bond motifs is 6. The predicted molar refractivity (Wildman–Crippen MR) is 238 cm³/mol. The number of nitrogens with zero attached hydrogens (tertiary/aromatic N) is 2. The number of aromatic nitrogens is 2. The highest BCUT2D eigenvalue weighted by Gasteiger charge is 2.36. The van der Waals surface area contributed by atoms with E-state index in [0.717, 1.165) is 69.0 Å². The zero-order valence-corrected chi connectivity index (χ0v) is 34.5. The molecule has 2 atom stereocenters. The van der Waals surface area contributed by atoms with Crippen molar-refractivity contribution in [3.8, 4) is 11.5 Å². The molecule has 2 N–H and O–H groups in total. The topological polar surface area (TPSA) is 90.7 Å². The van der Waals surface area contributed by atoms with Gasteiger partial charge < -0.3 is 29.2 Å². The van der Waals surface area contributed by atoms with E-state index in [0.29, 0.717) is 23.7 Å². The maximum Gasteiger partial charge on any atom is 0.254 e. The van der Waals surface area contributed by atoms with E-state index < -0.39 is 0 Å². The lowest BCUT2D eigenvalue weighted by atomic mass is 9.91. The summed E-state index contributed by atoms with van der Waals surface area (Å²) in [6.07, 6.45) is 1.64. The Morgan fingerprint density at radius 3 is 1.57 bits per heavy atom. The van der Waals surface area contributed by atoms with E-state index in [4.69, 9.17) is 21.1 Å². The highest BCUT2D eigenvalue weighted by molar-refractivity contribution is 6.31. The standard InChI is InChI=1S/C26H24N2O2.C25H21ClN2O2/c1-17-7-3-4-8-20(17)26(29)28-16-15-22-21-9-5-6-10-23(21)27-24(22)25(28)18-11-13-19(30-2)14-12-18;1-30-19-11-9-16(10-12-19)24-23-21(20-7-2-3-8-22(20)27-23)13-14-28(24)25(29)17-5-4-6-18(26)15-17/h3-14,25,27H,15-16H2,1-2H3;2-12,15,24,27H,13-14H2,1H3. The first-order valence-electron chi connectivity index (χ1n) is 20.2. The number of para-hydroxylation sites is 2. The molecule has 0 saturated carbocycles. The number of nitrogens with one attached hydrogen (secondary N) is 2. The first-order valence-corrected chi connectivity index (χ1v) is 20.6. The van der Waals surface area contributed by atoms with Crippen molar-refractivity contribution in [2.45, 2.75) is 31.8 Å². The SMILES string of the molecule is COc1ccc(C2c3[nH]c4ccccc4c3CCN2C(=O)c2cccc(Cl)c2)cc1.COc1ccc(C2c3[nH]c4ccccc4c3CCN2C(=O)c2ccccc2C)cc1. The number of hydrogen-bond acceptors (Lipinski definition) is 4. The molecular weight excluding hydrogens is 768 g/mol. The zero-order valence-electron chi connectivity index (χ0n) is 33.7. The van der Waals surface area contributed by atoms with Crippen molar-refractivity contribution < 1.29 is 19.1 Å². The minimum Gasteiger partial charge on any atom is -0.497 e. The Labute approximate surface area is 354 Å².